The third-order valence-electron chi connectivity index (χ3n) is 3.59. The second-order valence-electron chi connectivity index (χ2n) is 5.41. The fourth-order valence-electron chi connectivity index (χ4n) is 2.32. The van der Waals surface area contributed by atoms with Crippen molar-refractivity contribution < 1.29 is 4.74 Å². The van der Waals surface area contributed by atoms with Crippen molar-refractivity contribution in [2.75, 3.05) is 7.11 Å². The van der Waals surface area contributed by atoms with E-state index in [9.17, 15) is 0 Å². The highest BCUT2D eigenvalue weighted by Gasteiger charge is 2.40. The second-order valence-corrected chi connectivity index (χ2v) is 6.93. The van der Waals surface area contributed by atoms with Crippen LogP contribution in [-0.2, 0) is 9.96 Å². The van der Waals surface area contributed by atoms with Gasteiger partial charge in [0.15, 0.2) is 0 Å². The molecule has 1 aliphatic rings. The molecule has 0 bridgehead atoms. The van der Waals surface area contributed by atoms with Crippen molar-refractivity contribution >= 4 is 9.52 Å². The zero-order valence-corrected chi connectivity index (χ0v) is 11.4. The summed E-state index contributed by atoms with van der Waals surface area (Å²) in [6.45, 7) is 4.73. The normalized spacial score (nSPS) is 28.9. The molecule has 1 fully saturated rings. The van der Waals surface area contributed by atoms with Gasteiger partial charge in [-0.3, -0.25) is 0 Å². The van der Waals surface area contributed by atoms with Gasteiger partial charge in [0.1, 0.15) is 0 Å². The van der Waals surface area contributed by atoms with Crippen molar-refractivity contribution in [3.05, 3.63) is 35.9 Å². The van der Waals surface area contributed by atoms with Crippen molar-refractivity contribution in [2.24, 2.45) is 5.41 Å². The molecule has 1 aromatic rings. The van der Waals surface area contributed by atoms with Crippen LogP contribution in [0.2, 0.25) is 6.04 Å². The van der Waals surface area contributed by atoms with Crippen LogP contribution in [0.4, 0.5) is 0 Å². The van der Waals surface area contributed by atoms with Crippen LogP contribution in [0.5, 0.6) is 0 Å². The highest BCUT2D eigenvalue weighted by atomic mass is 28.2. The van der Waals surface area contributed by atoms with Gasteiger partial charge in [-0.15, -0.1) is 0 Å². The van der Waals surface area contributed by atoms with E-state index in [1.54, 1.807) is 0 Å². The lowest BCUT2D eigenvalue weighted by atomic mass is 9.86. The van der Waals surface area contributed by atoms with Gasteiger partial charge in [-0.1, -0.05) is 50.2 Å². The summed E-state index contributed by atoms with van der Waals surface area (Å²) >= 11 is 0. The Morgan fingerprint density at radius 2 is 1.81 bits per heavy atom. The lowest BCUT2D eigenvalue weighted by molar-refractivity contribution is 0.0295. The van der Waals surface area contributed by atoms with E-state index >= 15 is 0 Å². The number of hydrogen-bond donors (Lipinski definition) is 0. The molecule has 2 rings (SSSR count). The van der Waals surface area contributed by atoms with Gasteiger partial charge in [0.05, 0.1) is 14.7 Å². The summed E-state index contributed by atoms with van der Waals surface area (Å²) in [7, 11) is 2.73. The van der Waals surface area contributed by atoms with E-state index in [1.165, 1.54) is 18.0 Å². The first kappa shape index (κ1) is 11.9. The van der Waals surface area contributed by atoms with Crippen LogP contribution in [0.3, 0.4) is 0 Å². The van der Waals surface area contributed by atoms with E-state index in [0.717, 1.165) is 15.9 Å². The highest BCUT2D eigenvalue weighted by Crippen LogP contribution is 2.42. The maximum atomic E-state index is 5.87. The van der Waals surface area contributed by atoms with Crippen LogP contribution in [0.15, 0.2) is 30.3 Å². The lowest BCUT2D eigenvalue weighted by Gasteiger charge is -2.42. The summed E-state index contributed by atoms with van der Waals surface area (Å²) in [5, 5.41) is -0.00319. The summed E-state index contributed by atoms with van der Waals surface area (Å²) in [6.07, 6.45) is 2.40. The first-order valence-electron chi connectivity index (χ1n) is 5.94. The van der Waals surface area contributed by atoms with Gasteiger partial charge in [0.2, 0.25) is 0 Å². The molecule has 1 aliphatic heterocycles. The number of methoxy groups -OCH3 is 1. The molecule has 1 heterocycles. The van der Waals surface area contributed by atoms with Crippen LogP contribution in [-0.4, -0.2) is 16.6 Å². The lowest BCUT2D eigenvalue weighted by Crippen LogP contribution is -2.42. The molecule has 1 saturated heterocycles. The van der Waals surface area contributed by atoms with E-state index in [-0.39, 0.29) is 5.22 Å². The topological polar surface area (TPSA) is 9.23 Å². The van der Waals surface area contributed by atoms with E-state index in [4.69, 9.17) is 4.74 Å². The molecule has 86 valence electrons. The van der Waals surface area contributed by atoms with Crippen LogP contribution in [0.1, 0.15) is 32.3 Å². The van der Waals surface area contributed by atoms with Crippen LogP contribution < -0.4 is 0 Å². The minimum absolute atomic E-state index is 0.00319. The number of rotatable bonds is 2. The van der Waals surface area contributed by atoms with Gasteiger partial charge in [-0.2, -0.15) is 0 Å². The van der Waals surface area contributed by atoms with Crippen molar-refractivity contribution in [1.82, 2.24) is 0 Å². The molecule has 1 atom stereocenters. The Kier molecular flexibility index (Phi) is 3.22. The Bertz CT molecular complexity index is 335. The van der Waals surface area contributed by atoms with E-state index in [1.807, 2.05) is 7.11 Å². The Morgan fingerprint density at radius 3 is 2.31 bits per heavy atom. The minimum Gasteiger partial charge on any atom is -0.378 e. The quantitative estimate of drug-likeness (QED) is 0.710. The summed E-state index contributed by atoms with van der Waals surface area (Å²) in [5.41, 5.74) is 1.85. The van der Waals surface area contributed by atoms with E-state index in [2.05, 4.69) is 44.2 Å². The van der Waals surface area contributed by atoms with Crippen molar-refractivity contribution in [2.45, 2.75) is 38.0 Å². The molecular weight excluding hydrogens is 212 g/mol. The molecule has 2 heteroatoms. The van der Waals surface area contributed by atoms with Crippen LogP contribution >= 0.6 is 0 Å². The molecule has 16 heavy (non-hydrogen) atoms. The molecule has 0 aliphatic carbocycles. The molecule has 2 radical (unpaired) electrons. The third-order valence-corrected chi connectivity index (χ3v) is 6.04. The van der Waals surface area contributed by atoms with Gasteiger partial charge in [0, 0.05) is 7.11 Å². The van der Waals surface area contributed by atoms with E-state index < -0.39 is 0 Å². The Balaban J connectivity index is 2.23. The second kappa shape index (κ2) is 4.34. The van der Waals surface area contributed by atoms with Crippen molar-refractivity contribution in [3.8, 4) is 0 Å². The summed E-state index contributed by atoms with van der Waals surface area (Å²) in [6, 6.07) is 12.0. The summed E-state index contributed by atoms with van der Waals surface area (Å²) < 4.78 is 5.87. The first-order chi connectivity index (χ1) is 7.58. The molecule has 0 aromatic heterocycles. The van der Waals surface area contributed by atoms with Gasteiger partial charge in [0.25, 0.3) is 0 Å². The smallest absolute Gasteiger partial charge is 0.0892 e. The minimum atomic E-state index is -0.00319. The molecule has 0 spiro atoms. The maximum absolute atomic E-state index is 5.87. The zero-order valence-electron chi connectivity index (χ0n) is 10.4. The molecule has 1 nitrogen and oxygen atoms in total. The number of benzene rings is 1. The largest absolute Gasteiger partial charge is 0.378 e. The molecule has 1 unspecified atom stereocenters. The zero-order chi connectivity index (χ0) is 11.6. The predicted octanol–water partition coefficient (Wildman–Crippen LogP) is 3.43. The monoisotopic (exact) mass is 232 g/mol. The number of hydrogen-bond acceptors (Lipinski definition) is 1. The van der Waals surface area contributed by atoms with Gasteiger partial charge in [-0.05, 0) is 23.8 Å². The average Bonchev–Trinajstić information content (AvgIpc) is 2.31. The first-order valence-corrected chi connectivity index (χ1v) is 7.14. The summed E-state index contributed by atoms with van der Waals surface area (Å²) in [5.74, 6) is 0. The van der Waals surface area contributed by atoms with Crippen molar-refractivity contribution in [3.63, 3.8) is 0 Å². The SMILES string of the molecule is COC1(c2ccccc2)CCC(C)(C)C[Si]1. The van der Waals surface area contributed by atoms with Gasteiger partial charge < -0.3 is 4.74 Å². The van der Waals surface area contributed by atoms with E-state index in [0.29, 0.717) is 5.41 Å². The van der Waals surface area contributed by atoms with Crippen molar-refractivity contribution in [1.29, 1.82) is 0 Å². The molecule has 0 amide bonds. The molecule has 1 aromatic carbocycles. The predicted molar refractivity (Wildman–Crippen MR) is 68.7 cm³/mol. The summed E-state index contributed by atoms with van der Waals surface area (Å²) in [4.78, 5) is 0. The van der Waals surface area contributed by atoms with Crippen LogP contribution in [0.25, 0.3) is 0 Å². The standard InChI is InChI=1S/C14H20OSi/c1-13(2)9-10-14(15-3,16-11-13)12-7-5-4-6-8-12/h4-8H,9-11H2,1-3H3. The Morgan fingerprint density at radius 1 is 1.12 bits per heavy atom. The Hall–Kier alpha value is -0.603. The Labute approximate surface area is 101 Å². The molecule has 0 saturated carbocycles. The highest BCUT2D eigenvalue weighted by molar-refractivity contribution is 6.40. The molecule has 0 N–H and O–H groups in total. The fourth-order valence-corrected chi connectivity index (χ4v) is 4.08. The average molecular weight is 232 g/mol. The third kappa shape index (κ3) is 2.23. The van der Waals surface area contributed by atoms with Gasteiger partial charge >= 0.3 is 0 Å². The maximum Gasteiger partial charge on any atom is 0.0892 e. The number of ether oxygens (including phenoxy) is 1. The van der Waals surface area contributed by atoms with Crippen LogP contribution in [0, 0.1) is 5.41 Å². The fraction of sp³-hybridized carbons (Fsp3) is 0.571. The molecular formula is C14H20OSi. The van der Waals surface area contributed by atoms with Gasteiger partial charge in [-0.25, -0.2) is 0 Å².